The summed E-state index contributed by atoms with van der Waals surface area (Å²) in [5.74, 6) is 4.67. The number of aryl methyl sites for hydroxylation is 1. The Bertz CT molecular complexity index is 806. The number of carboxylic acid groups (broad SMARTS) is 1. The van der Waals surface area contributed by atoms with Gasteiger partial charge in [0.2, 0.25) is 0 Å². The predicted molar refractivity (Wildman–Crippen MR) is 96.6 cm³/mol. The van der Waals surface area contributed by atoms with Gasteiger partial charge in [-0.15, -0.1) is 6.58 Å². The molecule has 2 rings (SSSR count). The lowest BCUT2D eigenvalue weighted by Crippen LogP contribution is -2.34. The van der Waals surface area contributed by atoms with Crippen molar-refractivity contribution in [3.8, 4) is 11.8 Å². The maximum atomic E-state index is 13.5. The minimum absolute atomic E-state index is 0.258. The SMILES string of the molecule is C=CCN(CC#Cc1ccccc1)[C@H](C(=O)O)c1ccc(F)c(C)c1. The van der Waals surface area contributed by atoms with Gasteiger partial charge in [-0.1, -0.05) is 48.2 Å². The van der Waals surface area contributed by atoms with Crippen molar-refractivity contribution < 1.29 is 14.3 Å². The molecule has 0 aliphatic carbocycles. The van der Waals surface area contributed by atoms with Gasteiger partial charge in [0.25, 0.3) is 0 Å². The van der Waals surface area contributed by atoms with Crippen molar-refractivity contribution in [1.82, 2.24) is 4.90 Å². The number of carboxylic acids is 1. The van der Waals surface area contributed by atoms with Gasteiger partial charge in [-0.25, -0.2) is 4.39 Å². The van der Waals surface area contributed by atoms with Gasteiger partial charge in [-0.05, 0) is 36.2 Å². The van der Waals surface area contributed by atoms with Crippen LogP contribution in [0.15, 0.2) is 61.2 Å². The average molecular weight is 337 g/mol. The first-order valence-electron chi connectivity index (χ1n) is 7.90. The molecule has 4 heteroatoms. The van der Waals surface area contributed by atoms with Gasteiger partial charge in [-0.2, -0.15) is 0 Å². The molecular weight excluding hydrogens is 317 g/mol. The van der Waals surface area contributed by atoms with Crippen molar-refractivity contribution in [2.45, 2.75) is 13.0 Å². The van der Waals surface area contributed by atoms with Gasteiger partial charge < -0.3 is 5.11 Å². The number of halogens is 1. The van der Waals surface area contributed by atoms with E-state index in [1.165, 1.54) is 12.1 Å². The standard InChI is InChI=1S/C21H20FNO2/c1-3-13-23(14-7-10-17-8-5-4-6-9-17)20(21(24)25)18-11-12-19(22)16(2)15-18/h3-6,8-9,11-12,15,20H,1,13-14H2,2H3,(H,24,25)/t20-/m0/s1. The predicted octanol–water partition coefficient (Wildman–Crippen LogP) is 3.80. The van der Waals surface area contributed by atoms with E-state index in [-0.39, 0.29) is 12.4 Å². The number of benzene rings is 2. The van der Waals surface area contributed by atoms with Crippen LogP contribution in [0, 0.1) is 24.6 Å². The first-order chi connectivity index (χ1) is 12.0. The van der Waals surface area contributed by atoms with E-state index in [4.69, 9.17) is 0 Å². The molecule has 0 amide bonds. The highest BCUT2D eigenvalue weighted by Gasteiger charge is 2.26. The minimum atomic E-state index is -1.01. The van der Waals surface area contributed by atoms with Crippen LogP contribution >= 0.6 is 0 Å². The topological polar surface area (TPSA) is 40.5 Å². The third kappa shape index (κ3) is 5.03. The molecule has 1 N–H and O–H groups in total. The minimum Gasteiger partial charge on any atom is -0.480 e. The Morgan fingerprint density at radius 1 is 1.32 bits per heavy atom. The summed E-state index contributed by atoms with van der Waals surface area (Å²) in [7, 11) is 0. The Labute approximate surface area is 147 Å². The third-order valence-electron chi connectivity index (χ3n) is 3.75. The summed E-state index contributed by atoms with van der Waals surface area (Å²) in [6, 6.07) is 12.9. The van der Waals surface area contributed by atoms with E-state index in [0.717, 1.165) is 5.56 Å². The zero-order chi connectivity index (χ0) is 18.2. The van der Waals surface area contributed by atoms with Crippen LogP contribution in [0.2, 0.25) is 0 Å². The second-order valence-electron chi connectivity index (χ2n) is 5.64. The fourth-order valence-electron chi connectivity index (χ4n) is 2.54. The third-order valence-corrected chi connectivity index (χ3v) is 3.75. The molecule has 1 atom stereocenters. The summed E-state index contributed by atoms with van der Waals surface area (Å²) in [6.07, 6.45) is 1.64. The van der Waals surface area contributed by atoms with Gasteiger partial charge in [0, 0.05) is 12.1 Å². The first kappa shape index (κ1) is 18.4. The van der Waals surface area contributed by atoms with Crippen LogP contribution in [0.5, 0.6) is 0 Å². The molecule has 0 spiro atoms. The van der Waals surface area contributed by atoms with E-state index in [1.807, 2.05) is 30.3 Å². The van der Waals surface area contributed by atoms with E-state index in [2.05, 4.69) is 18.4 Å². The van der Waals surface area contributed by atoms with Gasteiger partial charge >= 0.3 is 5.97 Å². The molecule has 0 aliphatic rings. The zero-order valence-electron chi connectivity index (χ0n) is 14.1. The second kappa shape index (κ2) is 8.81. The van der Waals surface area contributed by atoms with E-state index in [1.54, 1.807) is 24.0 Å². The fourth-order valence-corrected chi connectivity index (χ4v) is 2.54. The first-order valence-corrected chi connectivity index (χ1v) is 7.90. The molecule has 0 fully saturated rings. The van der Waals surface area contributed by atoms with Crippen LogP contribution in [-0.2, 0) is 4.79 Å². The maximum absolute atomic E-state index is 13.5. The highest BCUT2D eigenvalue weighted by atomic mass is 19.1. The molecule has 0 saturated heterocycles. The summed E-state index contributed by atoms with van der Waals surface area (Å²) in [4.78, 5) is 13.5. The van der Waals surface area contributed by atoms with Gasteiger partial charge in [-0.3, -0.25) is 9.69 Å². The molecule has 2 aromatic carbocycles. The summed E-state index contributed by atoms with van der Waals surface area (Å²) in [5, 5.41) is 9.68. The summed E-state index contributed by atoms with van der Waals surface area (Å²) in [6.45, 7) is 5.92. The van der Waals surface area contributed by atoms with E-state index in [0.29, 0.717) is 17.7 Å². The van der Waals surface area contributed by atoms with Crippen molar-refractivity contribution in [2.24, 2.45) is 0 Å². The molecule has 0 bridgehead atoms. The lowest BCUT2D eigenvalue weighted by Gasteiger charge is -2.26. The Morgan fingerprint density at radius 2 is 2.04 bits per heavy atom. The summed E-state index contributed by atoms with van der Waals surface area (Å²) < 4.78 is 13.5. The number of aliphatic carboxylic acids is 1. The molecule has 2 aromatic rings. The fraction of sp³-hybridized carbons (Fsp3) is 0.190. The van der Waals surface area contributed by atoms with Crippen molar-refractivity contribution >= 4 is 5.97 Å². The van der Waals surface area contributed by atoms with E-state index in [9.17, 15) is 14.3 Å². The highest BCUT2D eigenvalue weighted by molar-refractivity contribution is 5.75. The molecule has 25 heavy (non-hydrogen) atoms. The van der Waals surface area contributed by atoms with Gasteiger partial charge in [0.1, 0.15) is 11.9 Å². The lowest BCUT2D eigenvalue weighted by atomic mass is 10.0. The Morgan fingerprint density at radius 3 is 2.64 bits per heavy atom. The summed E-state index contributed by atoms with van der Waals surface area (Å²) >= 11 is 0. The molecule has 0 aromatic heterocycles. The van der Waals surface area contributed by atoms with Crippen LogP contribution < -0.4 is 0 Å². The monoisotopic (exact) mass is 337 g/mol. The molecule has 0 radical (unpaired) electrons. The van der Waals surface area contributed by atoms with Crippen LogP contribution in [0.1, 0.15) is 22.7 Å². The van der Waals surface area contributed by atoms with E-state index < -0.39 is 12.0 Å². The van der Waals surface area contributed by atoms with Crippen LogP contribution in [0.3, 0.4) is 0 Å². The average Bonchev–Trinajstić information content (AvgIpc) is 2.59. The Hall–Kier alpha value is -2.90. The van der Waals surface area contributed by atoms with Crippen molar-refractivity contribution in [3.63, 3.8) is 0 Å². The van der Waals surface area contributed by atoms with Gasteiger partial charge in [0.05, 0.1) is 6.54 Å². The molecule has 3 nitrogen and oxygen atoms in total. The van der Waals surface area contributed by atoms with Crippen molar-refractivity contribution in [3.05, 3.63) is 83.7 Å². The number of rotatable bonds is 6. The Kier molecular flexibility index (Phi) is 6.50. The number of hydrogen-bond donors (Lipinski definition) is 1. The van der Waals surface area contributed by atoms with Crippen molar-refractivity contribution in [2.75, 3.05) is 13.1 Å². The second-order valence-corrected chi connectivity index (χ2v) is 5.64. The Balaban J connectivity index is 2.27. The molecule has 0 aliphatic heterocycles. The highest BCUT2D eigenvalue weighted by Crippen LogP contribution is 2.23. The molecule has 0 unspecified atom stereocenters. The molecule has 128 valence electrons. The van der Waals surface area contributed by atoms with Crippen LogP contribution in [0.4, 0.5) is 4.39 Å². The normalized spacial score (nSPS) is 11.5. The number of carbonyl (C=O) groups is 1. The van der Waals surface area contributed by atoms with Crippen LogP contribution in [-0.4, -0.2) is 29.1 Å². The molecule has 0 saturated carbocycles. The van der Waals surface area contributed by atoms with Gasteiger partial charge in [0.15, 0.2) is 0 Å². The zero-order valence-corrected chi connectivity index (χ0v) is 14.1. The van der Waals surface area contributed by atoms with Crippen molar-refractivity contribution in [1.29, 1.82) is 0 Å². The smallest absolute Gasteiger partial charge is 0.325 e. The maximum Gasteiger partial charge on any atom is 0.325 e. The summed E-state index contributed by atoms with van der Waals surface area (Å²) in [5.41, 5.74) is 1.80. The molecule has 0 heterocycles. The molecular formula is C21H20FNO2. The van der Waals surface area contributed by atoms with E-state index >= 15 is 0 Å². The lowest BCUT2D eigenvalue weighted by molar-refractivity contribution is -0.143. The van der Waals surface area contributed by atoms with Crippen LogP contribution in [0.25, 0.3) is 0 Å². The largest absolute Gasteiger partial charge is 0.480 e. The number of hydrogen-bond acceptors (Lipinski definition) is 2. The quantitative estimate of drug-likeness (QED) is 0.644. The number of nitrogens with zero attached hydrogens (tertiary/aromatic N) is 1.